The molecule has 0 aliphatic heterocycles. The second kappa shape index (κ2) is 9.17. The second-order valence-electron chi connectivity index (χ2n) is 4.29. The summed E-state index contributed by atoms with van der Waals surface area (Å²) in [7, 11) is 0. The van der Waals surface area contributed by atoms with E-state index in [-0.39, 0.29) is 24.4 Å². The Balaban J connectivity index is 0.00000361. The third kappa shape index (κ3) is 6.40. The molecule has 3 amide bonds. The van der Waals surface area contributed by atoms with Gasteiger partial charge in [0, 0.05) is 12.1 Å². The van der Waals surface area contributed by atoms with E-state index in [9.17, 15) is 9.59 Å². The van der Waals surface area contributed by atoms with Crippen LogP contribution in [0.2, 0.25) is 0 Å². The first-order chi connectivity index (χ1) is 9.02. The summed E-state index contributed by atoms with van der Waals surface area (Å²) in [5.74, 6) is -0.0164. The molecule has 0 radical (unpaired) electrons. The largest absolute Gasteiger partial charge is 0.351 e. The van der Waals surface area contributed by atoms with Crippen LogP contribution < -0.4 is 22.1 Å². The number of primary amides is 1. The van der Waals surface area contributed by atoms with Gasteiger partial charge >= 0.3 is 6.03 Å². The molecule has 0 bridgehead atoms. The fourth-order valence-electron chi connectivity index (χ4n) is 1.66. The number of benzene rings is 1. The third-order valence-electron chi connectivity index (χ3n) is 2.66. The van der Waals surface area contributed by atoms with E-state index in [0.29, 0.717) is 25.1 Å². The first-order valence-electron chi connectivity index (χ1n) is 6.18. The summed E-state index contributed by atoms with van der Waals surface area (Å²) in [5.41, 5.74) is 11.9. The Hall–Kier alpha value is -1.79. The highest BCUT2D eigenvalue weighted by atomic mass is 35.5. The van der Waals surface area contributed by atoms with Crippen LogP contribution in [0.4, 0.5) is 10.5 Å². The van der Waals surface area contributed by atoms with Gasteiger partial charge in [0.2, 0.25) is 5.91 Å². The predicted molar refractivity (Wildman–Crippen MR) is 81.7 cm³/mol. The van der Waals surface area contributed by atoms with Crippen molar-refractivity contribution in [2.45, 2.75) is 25.8 Å². The molecule has 0 saturated heterocycles. The second-order valence-corrected chi connectivity index (χ2v) is 4.29. The molecular formula is C13H21ClN4O2. The van der Waals surface area contributed by atoms with Crippen LogP contribution in [0.5, 0.6) is 0 Å². The smallest absolute Gasteiger partial charge is 0.316 e. The van der Waals surface area contributed by atoms with Crippen LogP contribution in [0.25, 0.3) is 0 Å². The van der Waals surface area contributed by atoms with E-state index < -0.39 is 6.03 Å². The highest BCUT2D eigenvalue weighted by molar-refractivity contribution is 5.87. The topological polar surface area (TPSA) is 110 Å². The molecule has 112 valence electrons. The number of amides is 3. The van der Waals surface area contributed by atoms with Gasteiger partial charge in [-0.2, -0.15) is 0 Å². The molecule has 0 spiro atoms. The van der Waals surface area contributed by atoms with Crippen molar-refractivity contribution in [3.05, 3.63) is 29.8 Å². The number of rotatable bonds is 6. The van der Waals surface area contributed by atoms with Crippen molar-refractivity contribution in [1.29, 1.82) is 0 Å². The Labute approximate surface area is 124 Å². The quantitative estimate of drug-likeness (QED) is 0.639. The number of anilines is 1. The van der Waals surface area contributed by atoms with Crippen LogP contribution in [-0.2, 0) is 4.79 Å². The minimum atomic E-state index is -0.601. The Morgan fingerprint density at radius 1 is 1.25 bits per heavy atom. The lowest BCUT2D eigenvalue weighted by atomic mass is 10.1. The zero-order valence-corrected chi connectivity index (χ0v) is 12.2. The van der Waals surface area contributed by atoms with Gasteiger partial charge in [-0.1, -0.05) is 12.1 Å². The molecule has 6 N–H and O–H groups in total. The molecule has 0 aliphatic rings. The van der Waals surface area contributed by atoms with Gasteiger partial charge in [-0.15, -0.1) is 12.4 Å². The molecule has 0 fully saturated rings. The maximum atomic E-state index is 11.6. The van der Waals surface area contributed by atoms with Crippen molar-refractivity contribution in [3.63, 3.8) is 0 Å². The number of nitrogens with one attached hydrogen (secondary N) is 2. The molecule has 1 aromatic rings. The van der Waals surface area contributed by atoms with Crippen molar-refractivity contribution in [2.24, 2.45) is 11.5 Å². The van der Waals surface area contributed by atoms with Gasteiger partial charge in [0.1, 0.15) is 0 Å². The zero-order valence-electron chi connectivity index (χ0n) is 11.4. The lowest BCUT2D eigenvalue weighted by Gasteiger charge is -2.14. The number of carbonyl (C=O) groups excluding carboxylic acids is 2. The Kier molecular flexibility index (Phi) is 8.35. The molecule has 1 rings (SSSR count). The molecule has 0 heterocycles. The number of hydrogen-bond acceptors (Lipinski definition) is 3. The van der Waals surface area contributed by atoms with E-state index in [1.807, 2.05) is 19.1 Å². The van der Waals surface area contributed by atoms with E-state index in [2.05, 4.69) is 10.6 Å². The van der Waals surface area contributed by atoms with Gasteiger partial charge in [-0.05, 0) is 37.6 Å². The van der Waals surface area contributed by atoms with Crippen molar-refractivity contribution < 1.29 is 9.59 Å². The highest BCUT2D eigenvalue weighted by Crippen LogP contribution is 2.16. The third-order valence-corrected chi connectivity index (χ3v) is 2.66. The van der Waals surface area contributed by atoms with Crippen molar-refractivity contribution >= 4 is 30.0 Å². The van der Waals surface area contributed by atoms with Gasteiger partial charge in [0.25, 0.3) is 0 Å². The van der Waals surface area contributed by atoms with Crippen molar-refractivity contribution in [3.8, 4) is 0 Å². The van der Waals surface area contributed by atoms with Crippen LogP contribution in [0, 0.1) is 0 Å². The van der Waals surface area contributed by atoms with Gasteiger partial charge in [0.15, 0.2) is 0 Å². The first-order valence-corrected chi connectivity index (χ1v) is 6.18. The maximum absolute atomic E-state index is 11.6. The van der Waals surface area contributed by atoms with E-state index in [4.69, 9.17) is 11.5 Å². The molecule has 20 heavy (non-hydrogen) atoms. The Bertz CT molecular complexity index is 437. The molecular weight excluding hydrogens is 280 g/mol. The van der Waals surface area contributed by atoms with Crippen molar-refractivity contribution in [2.75, 3.05) is 11.9 Å². The summed E-state index contributed by atoms with van der Waals surface area (Å²) in [6.45, 7) is 2.41. The van der Waals surface area contributed by atoms with Gasteiger partial charge in [-0.25, -0.2) is 4.79 Å². The first kappa shape index (κ1) is 18.2. The highest BCUT2D eigenvalue weighted by Gasteiger charge is 2.09. The molecule has 0 aromatic heterocycles. The lowest BCUT2D eigenvalue weighted by Crippen LogP contribution is -2.27. The number of urea groups is 1. The minimum absolute atomic E-state index is 0. The molecule has 1 unspecified atom stereocenters. The summed E-state index contributed by atoms with van der Waals surface area (Å²) in [5, 5.41) is 5.36. The molecule has 7 heteroatoms. The molecule has 1 atom stereocenters. The van der Waals surface area contributed by atoms with Crippen LogP contribution in [-0.4, -0.2) is 18.5 Å². The average molecular weight is 301 g/mol. The normalized spacial score (nSPS) is 11.1. The molecule has 6 nitrogen and oxygen atoms in total. The van der Waals surface area contributed by atoms with E-state index in [1.165, 1.54) is 0 Å². The number of hydrogen-bond donors (Lipinski definition) is 4. The summed E-state index contributed by atoms with van der Waals surface area (Å²) in [6, 6.07) is 6.45. The van der Waals surface area contributed by atoms with Gasteiger partial charge in [0.05, 0.1) is 6.04 Å². The van der Waals surface area contributed by atoms with E-state index in [1.54, 1.807) is 12.1 Å². The number of carbonyl (C=O) groups is 2. The summed E-state index contributed by atoms with van der Waals surface area (Å²) in [6.07, 6.45) is 1.11. The van der Waals surface area contributed by atoms with Crippen LogP contribution in [0.3, 0.4) is 0 Å². The van der Waals surface area contributed by atoms with Gasteiger partial charge in [-0.3, -0.25) is 4.79 Å². The Morgan fingerprint density at radius 2 is 1.85 bits per heavy atom. The minimum Gasteiger partial charge on any atom is -0.351 e. The SMILES string of the molecule is CC(NC(=O)CCCN)c1ccc(NC(N)=O)cc1.Cl. The zero-order chi connectivity index (χ0) is 14.3. The summed E-state index contributed by atoms with van der Waals surface area (Å²) in [4.78, 5) is 22.2. The predicted octanol–water partition coefficient (Wildman–Crippen LogP) is 1.52. The molecule has 0 aliphatic carbocycles. The van der Waals surface area contributed by atoms with Crippen LogP contribution in [0.1, 0.15) is 31.4 Å². The van der Waals surface area contributed by atoms with E-state index in [0.717, 1.165) is 5.56 Å². The molecule has 0 saturated carbocycles. The standard InChI is InChI=1S/C13H20N4O2.ClH/c1-9(16-12(18)3-2-8-14)10-4-6-11(7-5-10)17-13(15)19;/h4-7,9H,2-3,8,14H2,1H3,(H,16,18)(H3,15,17,19);1H. The summed E-state index contributed by atoms with van der Waals surface area (Å²) < 4.78 is 0. The molecule has 1 aromatic carbocycles. The van der Waals surface area contributed by atoms with E-state index >= 15 is 0 Å². The fourth-order valence-corrected chi connectivity index (χ4v) is 1.66. The average Bonchev–Trinajstić information content (AvgIpc) is 2.36. The summed E-state index contributed by atoms with van der Waals surface area (Å²) >= 11 is 0. The van der Waals surface area contributed by atoms with Gasteiger partial charge < -0.3 is 22.1 Å². The lowest BCUT2D eigenvalue weighted by molar-refractivity contribution is -0.121. The number of nitrogens with two attached hydrogens (primary N) is 2. The van der Waals surface area contributed by atoms with Crippen molar-refractivity contribution in [1.82, 2.24) is 5.32 Å². The monoisotopic (exact) mass is 300 g/mol. The number of halogens is 1. The Morgan fingerprint density at radius 3 is 2.35 bits per heavy atom. The maximum Gasteiger partial charge on any atom is 0.316 e. The van der Waals surface area contributed by atoms with Crippen LogP contribution in [0.15, 0.2) is 24.3 Å². The van der Waals surface area contributed by atoms with Crippen LogP contribution >= 0.6 is 12.4 Å². The fraction of sp³-hybridized carbons (Fsp3) is 0.385.